The molecule has 244 valence electrons. The van der Waals surface area contributed by atoms with E-state index in [2.05, 4.69) is 10.6 Å². The van der Waals surface area contributed by atoms with Crippen molar-refractivity contribution in [3.05, 3.63) is 173 Å². The van der Waals surface area contributed by atoms with Crippen molar-refractivity contribution in [1.29, 1.82) is 0 Å². The van der Waals surface area contributed by atoms with Crippen molar-refractivity contribution >= 4 is 29.2 Å². The number of carboxylic acid groups (broad SMARTS) is 1. The molecule has 1 unspecified atom stereocenters. The summed E-state index contributed by atoms with van der Waals surface area (Å²) in [5, 5.41) is 16.4. The quantitative estimate of drug-likeness (QED) is 0.113. The van der Waals surface area contributed by atoms with Gasteiger partial charge in [0.1, 0.15) is 23.0 Å². The summed E-state index contributed by atoms with van der Waals surface area (Å²) in [6.45, 7) is 0.406. The van der Waals surface area contributed by atoms with Crippen LogP contribution in [0.25, 0.3) is 11.1 Å². The second-order valence-corrected chi connectivity index (χ2v) is 11.7. The molecule has 0 saturated heterocycles. The minimum absolute atomic E-state index is 0.295. The molecule has 1 amide bonds. The summed E-state index contributed by atoms with van der Waals surface area (Å²) in [5.74, 6) is 1.33. The molecule has 49 heavy (non-hydrogen) atoms. The van der Waals surface area contributed by atoms with Crippen LogP contribution in [0.3, 0.4) is 0 Å². The van der Waals surface area contributed by atoms with E-state index in [1.54, 1.807) is 18.2 Å². The minimum atomic E-state index is -1.04. The van der Waals surface area contributed by atoms with Gasteiger partial charge < -0.3 is 25.2 Å². The van der Waals surface area contributed by atoms with Crippen LogP contribution in [0.5, 0.6) is 23.0 Å². The Morgan fingerprint density at radius 3 is 2.04 bits per heavy atom. The Morgan fingerprint density at radius 2 is 1.33 bits per heavy atom. The molecule has 8 heteroatoms. The maximum Gasteiger partial charge on any atom is 0.305 e. The second-order valence-electron chi connectivity index (χ2n) is 11.3. The third-order valence-corrected chi connectivity index (χ3v) is 7.99. The largest absolute Gasteiger partial charge is 0.481 e. The highest BCUT2D eigenvalue weighted by atomic mass is 35.5. The average Bonchev–Trinajstić information content (AvgIpc) is 3.12. The number of carboxylic acids is 1. The summed E-state index contributed by atoms with van der Waals surface area (Å²) in [4.78, 5) is 25.6. The normalized spacial score (nSPS) is 11.3. The predicted molar refractivity (Wildman–Crippen MR) is 193 cm³/mol. The highest BCUT2D eigenvalue weighted by Gasteiger charge is 2.21. The van der Waals surface area contributed by atoms with Crippen LogP contribution in [-0.4, -0.2) is 17.0 Å². The number of hydrogen-bond donors (Lipinski definition) is 3. The number of anilines is 1. The lowest BCUT2D eigenvalue weighted by Gasteiger charge is -2.20. The van der Waals surface area contributed by atoms with E-state index < -0.39 is 17.9 Å². The van der Waals surface area contributed by atoms with E-state index in [1.807, 2.05) is 133 Å². The first-order valence-corrected chi connectivity index (χ1v) is 16.1. The fourth-order valence-corrected chi connectivity index (χ4v) is 5.54. The molecule has 0 radical (unpaired) electrons. The lowest BCUT2D eigenvalue weighted by atomic mass is 9.98. The molecule has 3 N–H and O–H groups in total. The summed E-state index contributed by atoms with van der Waals surface area (Å²) >= 11 is 6.32. The van der Waals surface area contributed by atoms with Crippen LogP contribution in [0.4, 0.5) is 5.69 Å². The van der Waals surface area contributed by atoms with E-state index in [0.717, 1.165) is 28.2 Å². The van der Waals surface area contributed by atoms with Crippen LogP contribution < -0.4 is 20.1 Å². The van der Waals surface area contributed by atoms with Crippen LogP contribution in [0.15, 0.2) is 152 Å². The first-order chi connectivity index (χ1) is 23.9. The van der Waals surface area contributed by atoms with Gasteiger partial charge in [-0.25, -0.2) is 0 Å². The number of hydrogen-bond acceptors (Lipinski definition) is 5. The fraction of sp³-hybridized carbons (Fsp3) is 0.0732. The van der Waals surface area contributed by atoms with Gasteiger partial charge in [0.2, 0.25) is 0 Å². The van der Waals surface area contributed by atoms with E-state index in [-0.39, 0.29) is 6.42 Å². The molecule has 0 saturated carbocycles. The van der Waals surface area contributed by atoms with E-state index >= 15 is 0 Å². The molecule has 0 fully saturated rings. The summed E-state index contributed by atoms with van der Waals surface area (Å²) in [6, 6.07) is 46.0. The summed E-state index contributed by atoms with van der Waals surface area (Å²) < 4.78 is 12.1. The molecule has 0 aromatic heterocycles. The Bertz CT molecular complexity index is 2040. The van der Waals surface area contributed by atoms with Gasteiger partial charge in [0, 0.05) is 22.8 Å². The monoisotopic (exact) mass is 668 g/mol. The van der Waals surface area contributed by atoms with E-state index in [1.165, 1.54) is 0 Å². The van der Waals surface area contributed by atoms with Crippen molar-refractivity contribution in [2.75, 3.05) is 5.32 Å². The number of benzene rings is 6. The maximum absolute atomic E-state index is 13.7. The molecule has 0 aliphatic heterocycles. The van der Waals surface area contributed by atoms with Gasteiger partial charge in [-0.05, 0) is 77.4 Å². The Labute approximate surface area is 289 Å². The number of nitrogens with one attached hydrogen (secondary N) is 2. The van der Waals surface area contributed by atoms with Crippen molar-refractivity contribution in [2.45, 2.75) is 19.0 Å². The van der Waals surface area contributed by atoms with Gasteiger partial charge in [0.25, 0.3) is 5.91 Å². The molecule has 0 aliphatic rings. The van der Waals surface area contributed by atoms with Crippen molar-refractivity contribution in [3.8, 4) is 34.1 Å². The number of amides is 1. The Morgan fingerprint density at radius 1 is 0.673 bits per heavy atom. The Balaban J connectivity index is 1.18. The Hall–Kier alpha value is -6.05. The van der Waals surface area contributed by atoms with Gasteiger partial charge in [0.15, 0.2) is 0 Å². The molecular formula is C41H33ClN2O5. The highest BCUT2D eigenvalue weighted by molar-refractivity contribution is 6.31. The number of carbonyl (C=O) groups is 2. The van der Waals surface area contributed by atoms with Gasteiger partial charge >= 0.3 is 5.97 Å². The Kier molecular flexibility index (Phi) is 10.5. The van der Waals surface area contributed by atoms with Gasteiger partial charge in [-0.1, -0.05) is 103 Å². The smallest absolute Gasteiger partial charge is 0.305 e. The molecular weight excluding hydrogens is 636 g/mol. The molecule has 0 aliphatic carbocycles. The molecule has 0 bridgehead atoms. The fourth-order valence-electron chi connectivity index (χ4n) is 5.37. The van der Waals surface area contributed by atoms with Crippen molar-refractivity contribution in [2.24, 2.45) is 0 Å². The zero-order valence-electron chi connectivity index (χ0n) is 26.4. The van der Waals surface area contributed by atoms with E-state index in [4.69, 9.17) is 21.1 Å². The number of halogens is 1. The summed E-state index contributed by atoms with van der Waals surface area (Å²) in [5.41, 5.74) is 4.19. The number of ether oxygens (including phenoxy) is 2. The zero-order valence-corrected chi connectivity index (χ0v) is 27.1. The van der Waals surface area contributed by atoms with Gasteiger partial charge in [-0.15, -0.1) is 0 Å². The standard InChI is InChI=1S/C41H33ClN2O5/c42-31-22-23-37(43-27-28-10-9-15-34(24-28)48-32-11-3-1-4-12-32)36(25-31)41(47)44-38(26-40(45)46)30-20-18-29(19-21-30)35-16-7-8-17-39(35)49-33-13-5-2-6-14-33/h1-25,38,43H,26-27H2,(H,44,47)(H,45,46). The van der Waals surface area contributed by atoms with Crippen LogP contribution >= 0.6 is 11.6 Å². The lowest BCUT2D eigenvalue weighted by molar-refractivity contribution is -0.137. The van der Waals surface area contributed by atoms with Gasteiger partial charge in [-0.2, -0.15) is 0 Å². The average molecular weight is 669 g/mol. The molecule has 6 aromatic rings. The van der Waals surface area contributed by atoms with Crippen molar-refractivity contribution < 1.29 is 24.2 Å². The SMILES string of the molecule is O=C(O)CC(NC(=O)c1cc(Cl)ccc1NCc1cccc(Oc2ccccc2)c1)c1ccc(-c2ccccc2Oc2ccccc2)cc1. The number of para-hydroxylation sites is 3. The van der Waals surface area contributed by atoms with Crippen LogP contribution in [0.1, 0.15) is 33.9 Å². The topological polar surface area (TPSA) is 96.9 Å². The molecule has 6 aromatic carbocycles. The van der Waals surface area contributed by atoms with Crippen LogP contribution in [0, 0.1) is 0 Å². The minimum Gasteiger partial charge on any atom is -0.481 e. The number of aliphatic carboxylic acids is 1. The van der Waals surface area contributed by atoms with Crippen LogP contribution in [-0.2, 0) is 11.3 Å². The third kappa shape index (κ3) is 8.86. The molecule has 0 heterocycles. The van der Waals surface area contributed by atoms with Crippen molar-refractivity contribution in [3.63, 3.8) is 0 Å². The number of rotatable bonds is 13. The molecule has 0 spiro atoms. The van der Waals surface area contributed by atoms with E-state index in [9.17, 15) is 14.7 Å². The van der Waals surface area contributed by atoms with Crippen LogP contribution in [0.2, 0.25) is 5.02 Å². The molecule has 1 atom stereocenters. The lowest BCUT2D eigenvalue weighted by Crippen LogP contribution is -2.30. The highest BCUT2D eigenvalue weighted by Crippen LogP contribution is 2.34. The third-order valence-electron chi connectivity index (χ3n) is 7.75. The maximum atomic E-state index is 13.7. The van der Waals surface area contributed by atoms with Gasteiger partial charge in [0.05, 0.1) is 18.0 Å². The number of carbonyl (C=O) groups excluding carboxylic acids is 1. The second kappa shape index (κ2) is 15.7. The summed E-state index contributed by atoms with van der Waals surface area (Å²) in [7, 11) is 0. The molecule has 7 nitrogen and oxygen atoms in total. The van der Waals surface area contributed by atoms with E-state index in [0.29, 0.717) is 39.9 Å². The summed E-state index contributed by atoms with van der Waals surface area (Å²) in [6.07, 6.45) is -0.309. The first-order valence-electron chi connectivity index (χ1n) is 15.7. The molecule has 6 rings (SSSR count). The van der Waals surface area contributed by atoms with Crippen molar-refractivity contribution in [1.82, 2.24) is 5.32 Å². The first kappa shape index (κ1) is 32.9. The van der Waals surface area contributed by atoms with Gasteiger partial charge in [-0.3, -0.25) is 9.59 Å². The predicted octanol–water partition coefficient (Wildman–Crippen LogP) is 10.1. The zero-order chi connectivity index (χ0) is 34.0.